The fourth-order valence-electron chi connectivity index (χ4n) is 4.36. The number of ether oxygens (including phenoxy) is 2. The van der Waals surface area contributed by atoms with Crippen LogP contribution in [0.25, 0.3) is 10.9 Å². The van der Waals surface area contributed by atoms with E-state index < -0.39 is 39.7 Å². The summed E-state index contributed by atoms with van der Waals surface area (Å²) in [5.41, 5.74) is 1.94. The minimum atomic E-state index is -5.75. The van der Waals surface area contributed by atoms with Crippen molar-refractivity contribution in [3.63, 3.8) is 0 Å². The van der Waals surface area contributed by atoms with Crippen LogP contribution in [-0.2, 0) is 30.2 Å². The van der Waals surface area contributed by atoms with E-state index >= 15 is 0 Å². The molecule has 2 fully saturated rings. The number of fused-ring (bicyclic) bond motifs is 2. The van der Waals surface area contributed by atoms with E-state index in [0.29, 0.717) is 18.7 Å². The van der Waals surface area contributed by atoms with Gasteiger partial charge in [0.2, 0.25) is 0 Å². The molecule has 1 aromatic heterocycles. The highest BCUT2D eigenvalue weighted by Crippen LogP contribution is 2.46. The van der Waals surface area contributed by atoms with Gasteiger partial charge in [0.05, 0.1) is 11.6 Å². The molecule has 0 radical (unpaired) electrons. The van der Waals surface area contributed by atoms with Crippen LogP contribution in [0.1, 0.15) is 32.3 Å². The number of alkyl halides is 3. The summed E-state index contributed by atoms with van der Waals surface area (Å²) in [6.45, 7) is 3.27. The third-order valence-corrected chi connectivity index (χ3v) is 7.53. The number of aryl methyl sites for hydroxylation is 1. The van der Waals surface area contributed by atoms with E-state index in [9.17, 15) is 21.6 Å². The lowest BCUT2D eigenvalue weighted by atomic mass is 9.95. The SMILES string of the molecule is CC1(C)O[C@@H]2[C@@H](CCc3cc4nc(N)ccc4cc3Br)C[C@H](OS(=O)(=O)C(F)(F)F)[C@@H]2O1. The fourth-order valence-corrected chi connectivity index (χ4v) is 5.55. The molecule has 0 amide bonds. The smallest absolute Gasteiger partial charge is 0.384 e. The predicted octanol–water partition coefficient (Wildman–Crippen LogP) is 4.29. The number of nitrogens with two attached hydrogens (primary N) is 1. The molecule has 2 heterocycles. The van der Waals surface area contributed by atoms with Crippen molar-refractivity contribution in [2.75, 3.05) is 5.73 Å². The highest BCUT2D eigenvalue weighted by molar-refractivity contribution is 9.10. The van der Waals surface area contributed by atoms with Crippen LogP contribution >= 0.6 is 15.9 Å². The maximum Gasteiger partial charge on any atom is 0.523 e. The number of halogens is 4. The van der Waals surface area contributed by atoms with E-state index in [-0.39, 0.29) is 12.3 Å². The van der Waals surface area contributed by atoms with Gasteiger partial charge in [-0.25, -0.2) is 4.98 Å². The maximum absolute atomic E-state index is 12.8. The summed E-state index contributed by atoms with van der Waals surface area (Å²) in [5.74, 6) is -0.914. The minimum Gasteiger partial charge on any atom is -0.384 e. The molecule has 1 aliphatic carbocycles. The molecule has 0 bridgehead atoms. The number of rotatable bonds is 5. The quantitative estimate of drug-likeness (QED) is 0.447. The van der Waals surface area contributed by atoms with Crippen LogP contribution in [0.2, 0.25) is 0 Å². The normalized spacial score (nSPS) is 27.7. The summed E-state index contributed by atoms with van der Waals surface area (Å²) in [6, 6.07) is 7.40. The van der Waals surface area contributed by atoms with Crippen LogP contribution < -0.4 is 5.73 Å². The molecule has 2 aromatic rings. The van der Waals surface area contributed by atoms with Gasteiger partial charge in [0.25, 0.3) is 0 Å². The number of nitrogen functional groups attached to an aromatic ring is 1. The first-order chi connectivity index (χ1) is 14.8. The summed E-state index contributed by atoms with van der Waals surface area (Å²) in [5, 5.41) is 0.913. The van der Waals surface area contributed by atoms with Crippen LogP contribution in [0.4, 0.5) is 19.0 Å². The summed E-state index contributed by atoms with van der Waals surface area (Å²) in [7, 11) is -5.75. The van der Waals surface area contributed by atoms with Crippen LogP contribution in [0.15, 0.2) is 28.7 Å². The molecule has 2 aliphatic rings. The molecule has 0 spiro atoms. The third kappa shape index (κ3) is 4.60. The second kappa shape index (κ2) is 8.08. The van der Waals surface area contributed by atoms with Gasteiger partial charge < -0.3 is 15.2 Å². The maximum atomic E-state index is 12.8. The van der Waals surface area contributed by atoms with E-state index in [2.05, 4.69) is 25.1 Å². The zero-order valence-corrected chi connectivity index (χ0v) is 19.6. The zero-order chi connectivity index (χ0) is 23.5. The molecule has 2 N–H and O–H groups in total. The molecule has 1 aromatic carbocycles. The molecular weight excluding hydrogens is 517 g/mol. The molecule has 12 heteroatoms. The predicted molar refractivity (Wildman–Crippen MR) is 114 cm³/mol. The van der Waals surface area contributed by atoms with Crippen molar-refractivity contribution in [2.24, 2.45) is 5.92 Å². The third-order valence-electron chi connectivity index (χ3n) is 5.73. The molecule has 1 saturated carbocycles. The zero-order valence-electron chi connectivity index (χ0n) is 17.2. The largest absolute Gasteiger partial charge is 0.523 e. The minimum absolute atomic E-state index is 0.0666. The Hall–Kier alpha value is -1.47. The fraction of sp³-hybridized carbons (Fsp3) is 0.550. The average molecular weight is 539 g/mol. The Morgan fingerprint density at radius 1 is 1.25 bits per heavy atom. The Bertz CT molecular complexity index is 1140. The molecule has 176 valence electrons. The van der Waals surface area contributed by atoms with E-state index in [0.717, 1.165) is 20.9 Å². The number of benzene rings is 1. The molecule has 4 rings (SSSR count). The number of hydrogen-bond acceptors (Lipinski definition) is 7. The molecule has 1 aliphatic heterocycles. The van der Waals surface area contributed by atoms with E-state index in [1.54, 1.807) is 19.9 Å². The lowest BCUT2D eigenvalue weighted by Crippen LogP contribution is -2.36. The highest BCUT2D eigenvalue weighted by atomic mass is 79.9. The average Bonchev–Trinajstić information content (AvgIpc) is 3.13. The van der Waals surface area contributed by atoms with Crippen LogP contribution in [-0.4, -0.2) is 43.0 Å². The van der Waals surface area contributed by atoms with Crippen molar-refractivity contribution >= 4 is 42.8 Å². The van der Waals surface area contributed by atoms with Crippen molar-refractivity contribution in [3.8, 4) is 0 Å². The van der Waals surface area contributed by atoms with Gasteiger partial charge in [-0.05, 0) is 68.9 Å². The number of hydrogen-bond donors (Lipinski definition) is 1. The Balaban J connectivity index is 1.53. The molecule has 4 atom stereocenters. The Labute approximate surface area is 191 Å². The Kier molecular flexibility index (Phi) is 5.98. The summed E-state index contributed by atoms with van der Waals surface area (Å²) < 4.78 is 78.7. The summed E-state index contributed by atoms with van der Waals surface area (Å²) >= 11 is 3.55. The van der Waals surface area contributed by atoms with Gasteiger partial charge in [0.1, 0.15) is 18.0 Å². The van der Waals surface area contributed by atoms with Crippen molar-refractivity contribution in [1.29, 1.82) is 0 Å². The van der Waals surface area contributed by atoms with Crippen molar-refractivity contribution in [2.45, 2.75) is 62.7 Å². The lowest BCUT2D eigenvalue weighted by Gasteiger charge is -2.23. The van der Waals surface area contributed by atoms with E-state index in [4.69, 9.17) is 15.2 Å². The summed E-state index contributed by atoms with van der Waals surface area (Å²) in [4.78, 5) is 4.32. The van der Waals surface area contributed by atoms with Crippen LogP contribution in [0.3, 0.4) is 0 Å². The molecule has 1 saturated heterocycles. The highest BCUT2D eigenvalue weighted by Gasteiger charge is 2.58. The second-order valence-electron chi connectivity index (χ2n) is 8.51. The first kappa shape index (κ1) is 23.7. The molecule has 32 heavy (non-hydrogen) atoms. The Morgan fingerprint density at radius 2 is 1.94 bits per heavy atom. The van der Waals surface area contributed by atoms with Crippen molar-refractivity contribution in [3.05, 3.63) is 34.3 Å². The standard InChI is InChI=1S/C20H22BrF3N2O5S/c1-19(2)29-17-12(9-15(18(17)30-19)31-32(27,28)20(22,23)24)4-3-10-8-14-11(7-13(10)21)5-6-16(25)26-14/h5-8,12,15,17-18H,3-4,9H2,1-2H3,(H2,25,26)/t12-,15-,17+,18-/m0/s1. The summed E-state index contributed by atoms with van der Waals surface area (Å²) in [6.07, 6.45) is -1.61. The topological polar surface area (TPSA) is 101 Å². The number of nitrogens with zero attached hydrogens (tertiary/aromatic N) is 1. The van der Waals surface area contributed by atoms with Crippen LogP contribution in [0.5, 0.6) is 0 Å². The van der Waals surface area contributed by atoms with Crippen molar-refractivity contribution in [1.82, 2.24) is 4.98 Å². The van der Waals surface area contributed by atoms with Gasteiger partial charge in [-0.1, -0.05) is 15.9 Å². The first-order valence-corrected chi connectivity index (χ1v) is 12.2. The lowest BCUT2D eigenvalue weighted by molar-refractivity contribution is -0.165. The van der Waals surface area contributed by atoms with Gasteiger partial charge in [0, 0.05) is 9.86 Å². The second-order valence-corrected chi connectivity index (χ2v) is 10.9. The van der Waals surface area contributed by atoms with Gasteiger partial charge in [-0.3, -0.25) is 4.18 Å². The number of anilines is 1. The van der Waals surface area contributed by atoms with Gasteiger partial charge >= 0.3 is 15.6 Å². The molecule has 7 nitrogen and oxygen atoms in total. The monoisotopic (exact) mass is 538 g/mol. The molecular formula is C20H22BrF3N2O5S. The van der Waals surface area contributed by atoms with Crippen LogP contribution in [0, 0.1) is 5.92 Å². The van der Waals surface area contributed by atoms with Gasteiger partial charge in [-0.2, -0.15) is 21.6 Å². The van der Waals surface area contributed by atoms with Gasteiger partial charge in [0.15, 0.2) is 5.79 Å². The first-order valence-electron chi connectivity index (χ1n) is 9.95. The van der Waals surface area contributed by atoms with Gasteiger partial charge in [-0.15, -0.1) is 0 Å². The number of aromatic nitrogens is 1. The molecule has 0 unspecified atom stereocenters. The van der Waals surface area contributed by atoms with E-state index in [1.807, 2.05) is 18.2 Å². The van der Waals surface area contributed by atoms with Crippen molar-refractivity contribution < 1.29 is 35.2 Å². The van der Waals surface area contributed by atoms with E-state index in [1.165, 1.54) is 0 Å². The Morgan fingerprint density at radius 3 is 2.62 bits per heavy atom. The number of pyridine rings is 1.